The average molecular weight is 442 g/mol. The van der Waals surface area contributed by atoms with E-state index in [0.29, 0.717) is 25.8 Å². The van der Waals surface area contributed by atoms with Crippen molar-refractivity contribution in [1.29, 1.82) is 0 Å². The zero-order valence-electron chi connectivity index (χ0n) is 19.2. The first-order valence-electron chi connectivity index (χ1n) is 12.0. The van der Waals surface area contributed by atoms with Gasteiger partial charge < -0.3 is 9.73 Å². The first kappa shape index (κ1) is 22.8. The maximum atomic E-state index is 13.4. The second kappa shape index (κ2) is 10.0. The number of carbonyl (C=O) groups is 3. The summed E-state index contributed by atoms with van der Waals surface area (Å²) in [5, 5.41) is 3.07. The molecule has 1 N–H and O–H groups in total. The van der Waals surface area contributed by atoms with Gasteiger partial charge in [0.1, 0.15) is 11.8 Å². The van der Waals surface area contributed by atoms with Gasteiger partial charge in [-0.2, -0.15) is 0 Å². The van der Waals surface area contributed by atoms with Crippen molar-refractivity contribution in [3.8, 4) is 0 Å². The molecule has 0 spiro atoms. The van der Waals surface area contributed by atoms with Crippen LogP contribution in [-0.2, 0) is 14.4 Å². The average Bonchev–Trinajstić information content (AvgIpc) is 3.41. The summed E-state index contributed by atoms with van der Waals surface area (Å²) in [5.41, 5.74) is 0. The van der Waals surface area contributed by atoms with Crippen molar-refractivity contribution in [3.63, 3.8) is 0 Å². The van der Waals surface area contributed by atoms with Gasteiger partial charge in [0.15, 0.2) is 0 Å². The number of furan rings is 1. The van der Waals surface area contributed by atoms with Crippen LogP contribution in [0.3, 0.4) is 0 Å². The van der Waals surface area contributed by atoms with E-state index in [-0.39, 0.29) is 41.5 Å². The topological polar surface area (TPSA) is 82.9 Å². The fourth-order valence-electron chi connectivity index (χ4n) is 5.34. The Morgan fingerprint density at radius 1 is 1.09 bits per heavy atom. The molecule has 3 aliphatic rings. The van der Waals surface area contributed by atoms with Crippen molar-refractivity contribution >= 4 is 17.7 Å². The van der Waals surface area contributed by atoms with Crippen LogP contribution in [0.25, 0.3) is 0 Å². The second-order valence-corrected chi connectivity index (χ2v) is 9.72. The smallest absolute Gasteiger partial charge is 0.243 e. The zero-order chi connectivity index (χ0) is 22.7. The molecule has 0 saturated carbocycles. The van der Waals surface area contributed by atoms with Crippen molar-refractivity contribution in [2.24, 2.45) is 17.8 Å². The zero-order valence-corrected chi connectivity index (χ0v) is 19.2. The third kappa shape index (κ3) is 4.68. The fraction of sp³-hybridized carbons (Fsp3) is 0.640. The Morgan fingerprint density at radius 2 is 1.75 bits per heavy atom. The van der Waals surface area contributed by atoms with Gasteiger partial charge in [0.2, 0.25) is 17.7 Å². The first-order chi connectivity index (χ1) is 15.5. The molecular weight excluding hydrogens is 406 g/mol. The van der Waals surface area contributed by atoms with Crippen molar-refractivity contribution in [2.75, 3.05) is 19.6 Å². The summed E-state index contributed by atoms with van der Waals surface area (Å²) in [5.74, 6) is -0.264. The SMILES string of the molecule is CC(C)CC(C(=O)NCC(c1ccco1)N1CCCCC1)N1C(=O)C2CC=CCC2C1=O. The molecule has 3 heterocycles. The minimum Gasteiger partial charge on any atom is -0.468 e. The number of rotatable bonds is 8. The Morgan fingerprint density at radius 3 is 2.31 bits per heavy atom. The van der Waals surface area contributed by atoms with Crippen LogP contribution in [0.1, 0.15) is 64.2 Å². The number of hydrogen-bond acceptors (Lipinski definition) is 5. The maximum Gasteiger partial charge on any atom is 0.243 e. The highest BCUT2D eigenvalue weighted by molar-refractivity contribution is 6.08. The maximum absolute atomic E-state index is 13.4. The normalized spacial score (nSPS) is 25.8. The first-order valence-corrected chi connectivity index (χ1v) is 12.0. The third-order valence-electron chi connectivity index (χ3n) is 7.02. The van der Waals surface area contributed by atoms with E-state index in [4.69, 9.17) is 4.42 Å². The molecule has 4 atom stereocenters. The minimum atomic E-state index is -0.765. The lowest BCUT2D eigenvalue weighted by molar-refractivity contribution is -0.148. The molecule has 2 saturated heterocycles. The van der Waals surface area contributed by atoms with E-state index in [9.17, 15) is 14.4 Å². The number of likely N-dealkylation sites (tertiary alicyclic amines) is 2. The molecular formula is C25H35N3O4. The number of nitrogens with one attached hydrogen (secondary N) is 1. The molecule has 7 heteroatoms. The summed E-state index contributed by atoms with van der Waals surface area (Å²) < 4.78 is 5.69. The highest BCUT2D eigenvalue weighted by Crippen LogP contribution is 2.37. The van der Waals surface area contributed by atoms with E-state index < -0.39 is 6.04 Å². The molecule has 2 fully saturated rings. The summed E-state index contributed by atoms with van der Waals surface area (Å²) in [7, 11) is 0. The summed E-state index contributed by atoms with van der Waals surface area (Å²) >= 11 is 0. The van der Waals surface area contributed by atoms with Gasteiger partial charge in [0.25, 0.3) is 0 Å². The molecule has 1 aromatic heterocycles. The van der Waals surface area contributed by atoms with Crippen molar-refractivity contribution in [1.82, 2.24) is 15.1 Å². The summed E-state index contributed by atoms with van der Waals surface area (Å²) in [6, 6.07) is 3.00. The lowest BCUT2D eigenvalue weighted by atomic mass is 9.85. The van der Waals surface area contributed by atoms with E-state index >= 15 is 0 Å². The monoisotopic (exact) mass is 441 g/mol. The van der Waals surface area contributed by atoms with E-state index in [0.717, 1.165) is 31.7 Å². The van der Waals surface area contributed by atoms with Gasteiger partial charge in [-0.05, 0) is 63.2 Å². The Bertz CT molecular complexity index is 815. The number of hydrogen-bond donors (Lipinski definition) is 1. The van der Waals surface area contributed by atoms with Crippen LogP contribution in [-0.4, -0.2) is 53.2 Å². The molecule has 1 aliphatic carbocycles. The number of amides is 3. The largest absolute Gasteiger partial charge is 0.468 e. The molecule has 0 radical (unpaired) electrons. The highest BCUT2D eigenvalue weighted by atomic mass is 16.3. The van der Waals surface area contributed by atoms with E-state index in [1.165, 1.54) is 11.3 Å². The third-order valence-corrected chi connectivity index (χ3v) is 7.02. The molecule has 4 unspecified atom stereocenters. The van der Waals surface area contributed by atoms with Crippen LogP contribution in [0.4, 0.5) is 0 Å². The van der Waals surface area contributed by atoms with Gasteiger partial charge in [-0.25, -0.2) is 0 Å². The number of imide groups is 1. The van der Waals surface area contributed by atoms with Crippen LogP contribution < -0.4 is 5.32 Å². The van der Waals surface area contributed by atoms with Gasteiger partial charge in [0.05, 0.1) is 24.1 Å². The Labute approximate surface area is 190 Å². The lowest BCUT2D eigenvalue weighted by Gasteiger charge is -2.34. The van der Waals surface area contributed by atoms with Crippen LogP contribution in [0.15, 0.2) is 35.0 Å². The lowest BCUT2D eigenvalue weighted by Crippen LogP contribution is -2.52. The number of carbonyl (C=O) groups excluding carboxylic acids is 3. The van der Waals surface area contributed by atoms with Gasteiger partial charge in [0, 0.05) is 6.54 Å². The molecule has 2 aliphatic heterocycles. The molecule has 7 nitrogen and oxygen atoms in total. The van der Waals surface area contributed by atoms with Gasteiger partial charge >= 0.3 is 0 Å². The molecule has 4 rings (SSSR count). The van der Waals surface area contributed by atoms with Gasteiger partial charge in [-0.1, -0.05) is 32.4 Å². The predicted octanol–water partition coefficient (Wildman–Crippen LogP) is 3.29. The second-order valence-electron chi connectivity index (χ2n) is 9.72. The molecule has 0 aromatic carbocycles. The summed E-state index contributed by atoms with van der Waals surface area (Å²) in [6.07, 6.45) is 10.7. The molecule has 1 aromatic rings. The van der Waals surface area contributed by atoms with E-state index in [2.05, 4.69) is 10.2 Å². The minimum absolute atomic E-state index is 0.0503. The fourth-order valence-corrected chi connectivity index (χ4v) is 5.34. The Kier molecular flexibility index (Phi) is 7.13. The molecule has 32 heavy (non-hydrogen) atoms. The standard InChI is InChI=1S/C25H35N3O4/c1-17(2)15-20(28-24(30)18-9-4-5-10-19(18)25(28)31)23(29)26-16-21(22-11-8-14-32-22)27-12-6-3-7-13-27/h4-5,8,11,14,17-21H,3,6-7,9-10,12-13,15-16H2,1-2H3,(H,26,29). The van der Waals surface area contributed by atoms with E-state index in [1.54, 1.807) is 6.26 Å². The Hall–Kier alpha value is -2.41. The summed E-state index contributed by atoms with van der Waals surface area (Å²) in [6.45, 7) is 6.36. The Balaban J connectivity index is 1.49. The number of allylic oxidation sites excluding steroid dienone is 2. The molecule has 174 valence electrons. The van der Waals surface area contributed by atoms with Crippen molar-refractivity contribution in [3.05, 3.63) is 36.3 Å². The summed E-state index contributed by atoms with van der Waals surface area (Å²) in [4.78, 5) is 43.3. The van der Waals surface area contributed by atoms with Crippen molar-refractivity contribution < 1.29 is 18.8 Å². The van der Waals surface area contributed by atoms with Crippen LogP contribution >= 0.6 is 0 Å². The van der Waals surface area contributed by atoms with Gasteiger partial charge in [-0.3, -0.25) is 24.2 Å². The number of nitrogens with zero attached hydrogens (tertiary/aromatic N) is 2. The van der Waals surface area contributed by atoms with E-state index in [1.807, 2.05) is 38.1 Å². The number of fused-ring (bicyclic) bond motifs is 1. The highest BCUT2D eigenvalue weighted by Gasteiger charge is 2.51. The quantitative estimate of drug-likeness (QED) is 0.494. The van der Waals surface area contributed by atoms with Crippen LogP contribution in [0.2, 0.25) is 0 Å². The molecule has 3 amide bonds. The predicted molar refractivity (Wildman–Crippen MR) is 120 cm³/mol. The van der Waals surface area contributed by atoms with Crippen molar-refractivity contribution in [2.45, 2.75) is 64.5 Å². The van der Waals surface area contributed by atoms with Crippen LogP contribution in [0, 0.1) is 17.8 Å². The number of piperidine rings is 1. The van der Waals surface area contributed by atoms with Crippen LogP contribution in [0.5, 0.6) is 0 Å². The van der Waals surface area contributed by atoms with Gasteiger partial charge in [-0.15, -0.1) is 0 Å². The molecule has 0 bridgehead atoms.